The molecule has 1 unspecified atom stereocenters. The van der Waals surface area contributed by atoms with Crippen LogP contribution in [0.1, 0.15) is 6.92 Å². The van der Waals surface area contributed by atoms with Crippen LogP contribution in [0.2, 0.25) is 5.02 Å². The molecule has 0 saturated heterocycles. The van der Waals surface area contributed by atoms with Crippen molar-refractivity contribution in [3.05, 3.63) is 71.9 Å². The first-order valence-corrected chi connectivity index (χ1v) is 9.95. The number of thioether (sulfide) groups is 1. The lowest BCUT2D eigenvalue weighted by molar-refractivity contribution is -0.115. The van der Waals surface area contributed by atoms with E-state index in [0.717, 1.165) is 0 Å². The summed E-state index contributed by atoms with van der Waals surface area (Å²) >= 11 is 7.40. The topological polar surface area (TPSA) is 72.7 Å². The number of carbonyl (C=O) groups is 1. The number of aromatic nitrogens is 4. The van der Waals surface area contributed by atoms with E-state index in [1.807, 2.05) is 0 Å². The first-order valence-electron chi connectivity index (χ1n) is 8.69. The van der Waals surface area contributed by atoms with E-state index in [9.17, 15) is 9.18 Å². The zero-order valence-electron chi connectivity index (χ0n) is 15.2. The molecule has 146 valence electrons. The summed E-state index contributed by atoms with van der Waals surface area (Å²) in [5.41, 5.74) is 1.82. The van der Waals surface area contributed by atoms with Gasteiger partial charge in [-0.25, -0.2) is 19.0 Å². The third-order valence-electron chi connectivity index (χ3n) is 4.19. The molecule has 0 radical (unpaired) electrons. The Kier molecular flexibility index (Phi) is 5.46. The van der Waals surface area contributed by atoms with Crippen LogP contribution in [0.5, 0.6) is 0 Å². The molecule has 4 rings (SSSR count). The van der Waals surface area contributed by atoms with Gasteiger partial charge in [-0.2, -0.15) is 5.10 Å². The van der Waals surface area contributed by atoms with Crippen LogP contribution in [0.3, 0.4) is 0 Å². The number of fused-ring (bicyclic) bond motifs is 1. The summed E-state index contributed by atoms with van der Waals surface area (Å²) in [6.45, 7) is 1.79. The third kappa shape index (κ3) is 4.08. The molecule has 0 aliphatic rings. The second-order valence-corrected chi connectivity index (χ2v) is 7.91. The maximum absolute atomic E-state index is 13.2. The van der Waals surface area contributed by atoms with Crippen molar-refractivity contribution < 1.29 is 9.18 Å². The third-order valence-corrected chi connectivity index (χ3v) is 5.64. The molecule has 0 aliphatic carbocycles. The van der Waals surface area contributed by atoms with Crippen LogP contribution in [-0.4, -0.2) is 30.9 Å². The molecule has 2 aromatic carbocycles. The highest BCUT2D eigenvalue weighted by molar-refractivity contribution is 8.00. The van der Waals surface area contributed by atoms with Crippen LogP contribution in [0.4, 0.5) is 10.1 Å². The van der Waals surface area contributed by atoms with E-state index < -0.39 is 5.25 Å². The summed E-state index contributed by atoms with van der Waals surface area (Å²) in [5.74, 6) is -0.518. The van der Waals surface area contributed by atoms with Gasteiger partial charge in [0.2, 0.25) is 5.91 Å². The van der Waals surface area contributed by atoms with E-state index in [-0.39, 0.29) is 11.7 Å². The lowest BCUT2D eigenvalue weighted by Crippen LogP contribution is -2.22. The molecule has 29 heavy (non-hydrogen) atoms. The zero-order chi connectivity index (χ0) is 20.4. The number of benzene rings is 2. The Morgan fingerprint density at radius 3 is 2.69 bits per heavy atom. The molecule has 0 saturated carbocycles. The number of halogens is 2. The predicted molar refractivity (Wildman–Crippen MR) is 112 cm³/mol. The Labute approximate surface area is 175 Å². The van der Waals surface area contributed by atoms with E-state index in [2.05, 4.69) is 20.4 Å². The number of hydrogen-bond acceptors (Lipinski definition) is 5. The van der Waals surface area contributed by atoms with E-state index >= 15 is 0 Å². The van der Waals surface area contributed by atoms with Crippen LogP contribution in [-0.2, 0) is 4.79 Å². The number of amides is 1. The van der Waals surface area contributed by atoms with Gasteiger partial charge in [-0.05, 0) is 43.3 Å². The van der Waals surface area contributed by atoms with Gasteiger partial charge < -0.3 is 5.32 Å². The van der Waals surface area contributed by atoms with Crippen molar-refractivity contribution in [2.24, 2.45) is 0 Å². The number of nitrogens with zero attached hydrogens (tertiary/aromatic N) is 4. The number of anilines is 1. The maximum Gasteiger partial charge on any atom is 0.237 e. The standard InChI is InChI=1S/C20H15ClFN5OS/c1-12(19(28)26-17-5-3-2-4-16(17)21)29-20-15-10-25-27(18(15)23-11-24-20)14-8-6-13(22)7-9-14/h2-12H,1H3,(H,26,28). The normalized spacial score (nSPS) is 12.1. The highest BCUT2D eigenvalue weighted by Gasteiger charge is 2.19. The first kappa shape index (κ1) is 19.4. The number of hydrogen-bond donors (Lipinski definition) is 1. The van der Waals surface area contributed by atoms with Crippen molar-refractivity contribution in [1.29, 1.82) is 0 Å². The fourth-order valence-corrected chi connectivity index (χ4v) is 3.77. The average molecular weight is 428 g/mol. The van der Waals surface area contributed by atoms with Crippen molar-refractivity contribution in [3.63, 3.8) is 0 Å². The molecular weight excluding hydrogens is 413 g/mol. The average Bonchev–Trinajstić information content (AvgIpc) is 3.15. The fraction of sp³-hybridized carbons (Fsp3) is 0.100. The minimum Gasteiger partial charge on any atom is -0.324 e. The van der Waals surface area contributed by atoms with Crippen LogP contribution in [0.25, 0.3) is 16.7 Å². The number of rotatable bonds is 5. The van der Waals surface area contributed by atoms with Crippen LogP contribution in [0.15, 0.2) is 66.1 Å². The Morgan fingerprint density at radius 2 is 1.93 bits per heavy atom. The van der Waals surface area contributed by atoms with Crippen molar-refractivity contribution in [2.75, 3.05) is 5.32 Å². The quantitative estimate of drug-likeness (QED) is 0.368. The molecule has 1 amide bonds. The Hall–Kier alpha value is -2.97. The summed E-state index contributed by atoms with van der Waals surface area (Å²) in [7, 11) is 0. The van der Waals surface area contributed by atoms with E-state index in [1.54, 1.807) is 54.2 Å². The molecule has 0 fully saturated rings. The molecule has 0 spiro atoms. The minimum atomic E-state index is -0.432. The van der Waals surface area contributed by atoms with Gasteiger partial charge in [0, 0.05) is 0 Å². The van der Waals surface area contributed by atoms with Gasteiger partial charge in [-0.1, -0.05) is 35.5 Å². The van der Waals surface area contributed by atoms with Crippen molar-refractivity contribution in [3.8, 4) is 5.69 Å². The molecule has 6 nitrogen and oxygen atoms in total. The highest BCUT2D eigenvalue weighted by atomic mass is 35.5. The zero-order valence-corrected chi connectivity index (χ0v) is 16.8. The lowest BCUT2D eigenvalue weighted by atomic mass is 10.3. The van der Waals surface area contributed by atoms with E-state index in [0.29, 0.717) is 32.5 Å². The molecular formula is C20H15ClFN5OS. The largest absolute Gasteiger partial charge is 0.324 e. The number of nitrogens with one attached hydrogen (secondary N) is 1. The van der Waals surface area contributed by atoms with Crippen molar-refractivity contribution >= 4 is 46.0 Å². The Morgan fingerprint density at radius 1 is 1.17 bits per heavy atom. The molecule has 4 aromatic rings. The molecule has 2 aromatic heterocycles. The molecule has 0 aliphatic heterocycles. The summed E-state index contributed by atoms with van der Waals surface area (Å²) in [6, 6.07) is 13.0. The molecule has 9 heteroatoms. The summed E-state index contributed by atoms with van der Waals surface area (Å²) < 4.78 is 14.8. The predicted octanol–water partition coefficient (Wildman–Crippen LogP) is 4.73. The fourth-order valence-electron chi connectivity index (χ4n) is 2.71. The van der Waals surface area contributed by atoms with Gasteiger partial charge in [0.25, 0.3) is 0 Å². The monoisotopic (exact) mass is 427 g/mol. The number of para-hydroxylation sites is 1. The summed E-state index contributed by atoms with van der Waals surface area (Å²) in [4.78, 5) is 21.2. The minimum absolute atomic E-state index is 0.194. The smallest absolute Gasteiger partial charge is 0.237 e. The number of carbonyl (C=O) groups excluding carboxylic acids is 1. The van der Waals surface area contributed by atoms with Gasteiger partial charge in [0.1, 0.15) is 17.2 Å². The van der Waals surface area contributed by atoms with Crippen molar-refractivity contribution in [1.82, 2.24) is 19.7 Å². The molecule has 1 N–H and O–H groups in total. The molecule has 1 atom stereocenters. The van der Waals surface area contributed by atoms with Gasteiger partial charge >= 0.3 is 0 Å². The van der Waals surface area contributed by atoms with Crippen LogP contribution in [0, 0.1) is 5.82 Å². The highest BCUT2D eigenvalue weighted by Crippen LogP contribution is 2.30. The summed E-state index contributed by atoms with van der Waals surface area (Å²) in [5, 5.41) is 8.55. The van der Waals surface area contributed by atoms with Crippen LogP contribution >= 0.6 is 23.4 Å². The van der Waals surface area contributed by atoms with Gasteiger partial charge in [-0.3, -0.25) is 4.79 Å². The Bertz CT molecular complexity index is 1180. The van der Waals surface area contributed by atoms with Crippen LogP contribution < -0.4 is 5.32 Å². The Balaban J connectivity index is 1.57. The van der Waals surface area contributed by atoms with Crippen molar-refractivity contribution in [2.45, 2.75) is 17.2 Å². The lowest BCUT2D eigenvalue weighted by Gasteiger charge is -2.12. The van der Waals surface area contributed by atoms with Gasteiger partial charge in [0.05, 0.1) is 33.2 Å². The second-order valence-electron chi connectivity index (χ2n) is 6.18. The first-order chi connectivity index (χ1) is 14.0. The SMILES string of the molecule is CC(Sc1ncnc2c1cnn2-c1ccc(F)cc1)C(=O)Nc1ccccc1Cl. The molecule has 2 heterocycles. The van der Waals surface area contributed by atoms with E-state index in [4.69, 9.17) is 11.6 Å². The second kappa shape index (κ2) is 8.18. The summed E-state index contributed by atoms with van der Waals surface area (Å²) in [6.07, 6.45) is 3.06. The van der Waals surface area contributed by atoms with Gasteiger partial charge in [-0.15, -0.1) is 0 Å². The maximum atomic E-state index is 13.2. The van der Waals surface area contributed by atoms with E-state index in [1.165, 1.54) is 30.2 Å². The molecule has 0 bridgehead atoms. The van der Waals surface area contributed by atoms with Gasteiger partial charge in [0.15, 0.2) is 5.65 Å².